The molecule has 0 saturated carbocycles. The molecule has 1 N–H and O–H groups in total. The fraction of sp³-hybridized carbons (Fsp3) is 0.625. The first-order chi connectivity index (χ1) is 9.88. The van der Waals surface area contributed by atoms with Crippen molar-refractivity contribution in [1.82, 2.24) is 5.32 Å². The molecule has 2 rings (SSSR count). The summed E-state index contributed by atoms with van der Waals surface area (Å²) in [5.74, 6) is 0.607. The summed E-state index contributed by atoms with van der Waals surface area (Å²) in [6, 6.07) is 5.80. The van der Waals surface area contributed by atoms with Crippen molar-refractivity contribution >= 4 is 5.69 Å². The van der Waals surface area contributed by atoms with Crippen LogP contribution in [0.1, 0.15) is 32.3 Å². The Labute approximate surface area is 124 Å². The van der Waals surface area contributed by atoms with E-state index in [1.165, 1.54) is 12.1 Å². The molecule has 0 aliphatic carbocycles. The van der Waals surface area contributed by atoms with Gasteiger partial charge in [-0.25, -0.2) is 0 Å². The Morgan fingerprint density at radius 3 is 2.19 bits per heavy atom. The molecule has 0 atom stereocenters. The van der Waals surface area contributed by atoms with Gasteiger partial charge >= 0.3 is 6.18 Å². The highest BCUT2D eigenvalue weighted by Gasteiger charge is 2.30. The van der Waals surface area contributed by atoms with Crippen LogP contribution in [0.25, 0.3) is 0 Å². The zero-order valence-electron chi connectivity index (χ0n) is 12.6. The molecule has 1 heterocycles. The molecule has 2 nitrogen and oxygen atoms in total. The van der Waals surface area contributed by atoms with Crippen molar-refractivity contribution in [2.24, 2.45) is 5.92 Å². The predicted molar refractivity (Wildman–Crippen MR) is 79.5 cm³/mol. The fourth-order valence-corrected chi connectivity index (χ4v) is 2.80. The van der Waals surface area contributed by atoms with Crippen molar-refractivity contribution in [2.75, 3.05) is 24.5 Å². The van der Waals surface area contributed by atoms with Crippen molar-refractivity contribution in [3.8, 4) is 0 Å². The minimum absolute atomic E-state index is 0.275. The quantitative estimate of drug-likeness (QED) is 0.906. The van der Waals surface area contributed by atoms with Gasteiger partial charge in [0.05, 0.1) is 5.56 Å². The Morgan fingerprint density at radius 1 is 1.14 bits per heavy atom. The van der Waals surface area contributed by atoms with Crippen LogP contribution in [0.15, 0.2) is 24.3 Å². The Kier molecular flexibility index (Phi) is 5.14. The Bertz CT molecular complexity index is 434. The van der Waals surface area contributed by atoms with E-state index in [-0.39, 0.29) is 6.04 Å². The molecule has 21 heavy (non-hydrogen) atoms. The average Bonchev–Trinajstić information content (AvgIpc) is 2.45. The van der Waals surface area contributed by atoms with Gasteiger partial charge in [0.25, 0.3) is 0 Å². The van der Waals surface area contributed by atoms with Crippen LogP contribution >= 0.6 is 0 Å². The molecule has 1 aliphatic heterocycles. The normalized spacial score (nSPS) is 17.2. The standard InChI is InChI=1S/C16H23F3N2/c1-12(2)21(11-13-7-9-20-10-8-13)15-5-3-14(4-6-15)16(17,18)19/h3-6,12-13,20H,7-11H2,1-2H3. The summed E-state index contributed by atoms with van der Waals surface area (Å²) < 4.78 is 37.9. The van der Waals surface area contributed by atoms with Gasteiger partial charge in [-0.2, -0.15) is 13.2 Å². The lowest BCUT2D eigenvalue weighted by atomic mass is 9.96. The summed E-state index contributed by atoms with van der Waals surface area (Å²) in [6.07, 6.45) is -2.01. The average molecular weight is 300 g/mol. The number of halogens is 3. The molecular formula is C16H23F3N2. The van der Waals surface area contributed by atoms with Gasteiger partial charge < -0.3 is 10.2 Å². The summed E-state index contributed by atoms with van der Waals surface area (Å²) in [6.45, 7) is 7.13. The van der Waals surface area contributed by atoms with E-state index < -0.39 is 11.7 Å². The highest BCUT2D eigenvalue weighted by Crippen LogP contribution is 2.31. The molecule has 118 valence electrons. The molecule has 1 fully saturated rings. The molecule has 1 aromatic carbocycles. The summed E-state index contributed by atoms with van der Waals surface area (Å²) in [4.78, 5) is 2.20. The maximum absolute atomic E-state index is 12.6. The molecule has 0 aromatic heterocycles. The van der Waals surface area contributed by atoms with Gasteiger partial charge in [0, 0.05) is 18.3 Å². The fourth-order valence-electron chi connectivity index (χ4n) is 2.80. The Hall–Kier alpha value is -1.23. The van der Waals surface area contributed by atoms with Gasteiger partial charge in [-0.15, -0.1) is 0 Å². The third-order valence-corrected chi connectivity index (χ3v) is 4.06. The summed E-state index contributed by atoms with van der Waals surface area (Å²) >= 11 is 0. The number of nitrogens with zero attached hydrogens (tertiary/aromatic N) is 1. The number of anilines is 1. The van der Waals surface area contributed by atoms with Gasteiger partial charge in [-0.05, 0) is 70.0 Å². The van der Waals surface area contributed by atoms with Gasteiger partial charge in [0.1, 0.15) is 0 Å². The van der Waals surface area contributed by atoms with Crippen LogP contribution in [0.5, 0.6) is 0 Å². The molecule has 1 aromatic rings. The number of nitrogens with one attached hydrogen (secondary N) is 1. The van der Waals surface area contributed by atoms with Gasteiger partial charge in [-0.3, -0.25) is 0 Å². The predicted octanol–water partition coefficient (Wildman–Crippen LogP) is 3.92. The van der Waals surface area contributed by atoms with Crippen LogP contribution in [-0.2, 0) is 6.18 Å². The van der Waals surface area contributed by atoms with E-state index in [0.717, 1.165) is 38.2 Å². The second-order valence-electron chi connectivity index (χ2n) is 5.98. The van der Waals surface area contributed by atoms with Gasteiger partial charge in [0.15, 0.2) is 0 Å². The monoisotopic (exact) mass is 300 g/mol. The van der Waals surface area contributed by atoms with E-state index >= 15 is 0 Å². The molecule has 0 bridgehead atoms. The maximum Gasteiger partial charge on any atom is 0.416 e. The number of hydrogen-bond donors (Lipinski definition) is 1. The van der Waals surface area contributed by atoms with E-state index in [2.05, 4.69) is 24.1 Å². The van der Waals surface area contributed by atoms with E-state index in [4.69, 9.17) is 0 Å². The molecular weight excluding hydrogens is 277 g/mol. The van der Waals surface area contributed by atoms with Crippen molar-refractivity contribution in [3.05, 3.63) is 29.8 Å². The molecule has 1 aliphatic rings. The van der Waals surface area contributed by atoms with Gasteiger partial charge in [0.2, 0.25) is 0 Å². The van der Waals surface area contributed by atoms with Crippen LogP contribution in [0.2, 0.25) is 0 Å². The molecule has 0 radical (unpaired) electrons. The highest BCUT2D eigenvalue weighted by atomic mass is 19.4. The lowest BCUT2D eigenvalue weighted by Gasteiger charge is -2.34. The second kappa shape index (κ2) is 6.69. The van der Waals surface area contributed by atoms with E-state index in [1.807, 2.05) is 0 Å². The first kappa shape index (κ1) is 16.1. The molecule has 5 heteroatoms. The topological polar surface area (TPSA) is 15.3 Å². The minimum atomic E-state index is -4.27. The number of hydrogen-bond acceptors (Lipinski definition) is 2. The summed E-state index contributed by atoms with van der Waals surface area (Å²) in [5.41, 5.74) is 0.286. The number of alkyl halides is 3. The Balaban J connectivity index is 2.10. The zero-order chi connectivity index (χ0) is 15.5. The first-order valence-corrected chi connectivity index (χ1v) is 7.52. The Morgan fingerprint density at radius 2 is 1.71 bits per heavy atom. The van der Waals surface area contributed by atoms with Crippen molar-refractivity contribution < 1.29 is 13.2 Å². The highest BCUT2D eigenvalue weighted by molar-refractivity contribution is 5.48. The second-order valence-corrected chi connectivity index (χ2v) is 5.98. The molecule has 1 saturated heterocycles. The lowest BCUT2D eigenvalue weighted by Crippen LogP contribution is -2.39. The number of piperidine rings is 1. The van der Waals surface area contributed by atoms with Crippen molar-refractivity contribution in [2.45, 2.75) is 38.9 Å². The largest absolute Gasteiger partial charge is 0.416 e. The van der Waals surface area contributed by atoms with Crippen LogP contribution in [-0.4, -0.2) is 25.7 Å². The minimum Gasteiger partial charge on any atom is -0.369 e. The number of benzene rings is 1. The van der Waals surface area contributed by atoms with E-state index in [9.17, 15) is 13.2 Å². The van der Waals surface area contributed by atoms with Crippen LogP contribution in [0, 0.1) is 5.92 Å². The van der Waals surface area contributed by atoms with Gasteiger partial charge in [-0.1, -0.05) is 0 Å². The van der Waals surface area contributed by atoms with Crippen molar-refractivity contribution in [1.29, 1.82) is 0 Å². The smallest absolute Gasteiger partial charge is 0.369 e. The molecule has 0 amide bonds. The van der Waals surface area contributed by atoms with E-state index in [1.54, 1.807) is 12.1 Å². The maximum atomic E-state index is 12.6. The third-order valence-electron chi connectivity index (χ3n) is 4.06. The first-order valence-electron chi connectivity index (χ1n) is 7.52. The van der Waals surface area contributed by atoms with Crippen LogP contribution in [0.4, 0.5) is 18.9 Å². The molecule has 0 spiro atoms. The third kappa shape index (κ3) is 4.37. The van der Waals surface area contributed by atoms with Crippen molar-refractivity contribution in [3.63, 3.8) is 0 Å². The van der Waals surface area contributed by atoms with Crippen LogP contribution in [0.3, 0.4) is 0 Å². The van der Waals surface area contributed by atoms with E-state index in [0.29, 0.717) is 5.92 Å². The number of rotatable bonds is 4. The summed E-state index contributed by atoms with van der Waals surface area (Å²) in [5, 5.41) is 3.34. The SMILES string of the molecule is CC(C)N(CC1CCNCC1)c1ccc(C(F)(F)F)cc1. The summed E-state index contributed by atoms with van der Waals surface area (Å²) in [7, 11) is 0. The lowest BCUT2D eigenvalue weighted by molar-refractivity contribution is -0.137. The zero-order valence-corrected chi connectivity index (χ0v) is 12.6. The van der Waals surface area contributed by atoms with Crippen LogP contribution < -0.4 is 10.2 Å². The molecule has 0 unspecified atom stereocenters.